The van der Waals surface area contributed by atoms with Crippen LogP contribution < -0.4 is 0 Å². The second-order valence-corrected chi connectivity index (χ2v) is 3.08. The molecule has 0 radical (unpaired) electrons. The molecule has 0 bridgehead atoms. The topological polar surface area (TPSA) is 17.1 Å². The van der Waals surface area contributed by atoms with E-state index in [0.717, 1.165) is 0 Å². The highest BCUT2D eigenvalue weighted by atomic mass is 32.1. The zero-order valence-electron chi connectivity index (χ0n) is 6.62. The number of hydrogen-bond donors (Lipinski definition) is 1. The van der Waals surface area contributed by atoms with E-state index in [1.807, 2.05) is 0 Å². The fourth-order valence-electron chi connectivity index (χ4n) is 0.875. The third-order valence-corrected chi connectivity index (χ3v) is 2.14. The van der Waals surface area contributed by atoms with Crippen LogP contribution in [0.4, 0.5) is 4.39 Å². The first-order valence-electron chi connectivity index (χ1n) is 3.53. The molecule has 0 heterocycles. The van der Waals surface area contributed by atoms with Crippen molar-refractivity contribution >= 4 is 17.7 Å². The van der Waals surface area contributed by atoms with Crippen LogP contribution in [0.5, 0.6) is 0 Å². The lowest BCUT2D eigenvalue weighted by Crippen LogP contribution is -2.22. The second kappa shape index (κ2) is 3.27. The number of benzene rings is 1. The van der Waals surface area contributed by atoms with Crippen molar-refractivity contribution in [1.82, 2.24) is 0 Å². The molecule has 0 spiro atoms. The molecule has 3 heteroatoms. The summed E-state index contributed by atoms with van der Waals surface area (Å²) in [6.07, 6.45) is 0. The monoisotopic (exact) mass is 184 g/mol. The van der Waals surface area contributed by atoms with Gasteiger partial charge in [-0.3, -0.25) is 4.79 Å². The van der Waals surface area contributed by atoms with E-state index in [9.17, 15) is 9.18 Å². The lowest BCUT2D eigenvalue weighted by atomic mass is 10.00. The maximum absolute atomic E-state index is 13.5. The smallest absolute Gasteiger partial charge is 0.227 e. The van der Waals surface area contributed by atoms with E-state index in [4.69, 9.17) is 0 Å². The van der Waals surface area contributed by atoms with Gasteiger partial charge in [0, 0.05) is 0 Å². The number of halogens is 1. The SMILES string of the molecule is CC(F)(C(=O)S)c1ccccc1. The Hall–Kier alpha value is -0.830. The van der Waals surface area contributed by atoms with Crippen LogP contribution in [-0.2, 0) is 10.5 Å². The molecule has 0 saturated heterocycles. The van der Waals surface area contributed by atoms with E-state index in [1.54, 1.807) is 30.3 Å². The van der Waals surface area contributed by atoms with Gasteiger partial charge < -0.3 is 0 Å². The Bertz CT molecular complexity index is 282. The highest BCUT2D eigenvalue weighted by Crippen LogP contribution is 2.27. The Labute approximate surface area is 76.0 Å². The van der Waals surface area contributed by atoms with Crippen molar-refractivity contribution in [3.63, 3.8) is 0 Å². The van der Waals surface area contributed by atoms with Crippen molar-refractivity contribution in [3.8, 4) is 0 Å². The minimum atomic E-state index is -1.98. The summed E-state index contributed by atoms with van der Waals surface area (Å²) in [6.45, 7) is 1.21. The Morgan fingerprint density at radius 2 is 1.92 bits per heavy atom. The van der Waals surface area contributed by atoms with Crippen molar-refractivity contribution < 1.29 is 9.18 Å². The molecule has 1 aromatic rings. The Balaban J connectivity index is 3.06. The molecule has 1 rings (SSSR count). The van der Waals surface area contributed by atoms with E-state index < -0.39 is 10.8 Å². The number of alkyl halides is 1. The summed E-state index contributed by atoms with van der Waals surface area (Å²) in [5.41, 5.74) is -1.64. The number of hydrogen-bond acceptors (Lipinski definition) is 1. The third kappa shape index (κ3) is 1.67. The number of thiol groups is 1. The van der Waals surface area contributed by atoms with Crippen LogP contribution in [0.3, 0.4) is 0 Å². The molecule has 12 heavy (non-hydrogen) atoms. The highest BCUT2D eigenvalue weighted by molar-refractivity contribution is 7.96. The van der Waals surface area contributed by atoms with E-state index in [-0.39, 0.29) is 0 Å². The average molecular weight is 184 g/mol. The fraction of sp³-hybridized carbons (Fsp3) is 0.222. The van der Waals surface area contributed by atoms with E-state index >= 15 is 0 Å². The molecule has 0 aliphatic heterocycles. The molecule has 1 nitrogen and oxygen atoms in total. The van der Waals surface area contributed by atoms with Gasteiger partial charge in [0.1, 0.15) is 0 Å². The Morgan fingerprint density at radius 3 is 2.33 bits per heavy atom. The number of carbonyl (C=O) groups is 1. The summed E-state index contributed by atoms with van der Waals surface area (Å²) in [6, 6.07) is 8.26. The van der Waals surface area contributed by atoms with Gasteiger partial charge in [-0.1, -0.05) is 30.3 Å². The molecule has 1 atom stereocenters. The maximum Gasteiger partial charge on any atom is 0.227 e. The Kier molecular flexibility index (Phi) is 2.52. The van der Waals surface area contributed by atoms with Crippen LogP contribution in [0, 0.1) is 0 Å². The van der Waals surface area contributed by atoms with Crippen molar-refractivity contribution in [1.29, 1.82) is 0 Å². The van der Waals surface area contributed by atoms with E-state index in [2.05, 4.69) is 12.6 Å². The minimum absolute atomic E-state index is 0.338. The summed E-state index contributed by atoms with van der Waals surface area (Å²) >= 11 is 3.48. The van der Waals surface area contributed by atoms with Gasteiger partial charge in [0.2, 0.25) is 10.8 Å². The average Bonchev–Trinajstić information content (AvgIpc) is 2.06. The number of rotatable bonds is 2. The van der Waals surface area contributed by atoms with Crippen molar-refractivity contribution in [3.05, 3.63) is 35.9 Å². The molecule has 0 aliphatic carbocycles. The first-order chi connectivity index (χ1) is 5.55. The van der Waals surface area contributed by atoms with Crippen molar-refractivity contribution in [2.75, 3.05) is 0 Å². The van der Waals surface area contributed by atoms with Gasteiger partial charge >= 0.3 is 0 Å². The van der Waals surface area contributed by atoms with Gasteiger partial charge in [0.15, 0.2) is 0 Å². The first kappa shape index (κ1) is 9.26. The largest absolute Gasteiger partial charge is 0.283 e. The molecule has 1 aromatic carbocycles. The van der Waals surface area contributed by atoms with Crippen LogP contribution in [-0.4, -0.2) is 5.12 Å². The quantitative estimate of drug-likeness (QED) is 0.698. The number of carbonyl (C=O) groups excluding carboxylic acids is 1. The van der Waals surface area contributed by atoms with Gasteiger partial charge in [-0.05, 0) is 12.5 Å². The van der Waals surface area contributed by atoms with Gasteiger partial charge in [-0.15, -0.1) is 12.6 Å². The van der Waals surface area contributed by atoms with E-state index in [1.165, 1.54) is 6.92 Å². The van der Waals surface area contributed by atoms with Crippen LogP contribution >= 0.6 is 12.6 Å². The molecule has 64 valence electrons. The fourth-order valence-corrected chi connectivity index (χ4v) is 1.00. The first-order valence-corrected chi connectivity index (χ1v) is 3.97. The molecule has 0 aromatic heterocycles. The summed E-state index contributed by atoms with van der Waals surface area (Å²) in [4.78, 5) is 10.8. The maximum atomic E-state index is 13.5. The second-order valence-electron chi connectivity index (χ2n) is 2.67. The minimum Gasteiger partial charge on any atom is -0.283 e. The predicted octanol–water partition coefficient (Wildman–Crippen LogP) is 2.33. The molecule has 0 fully saturated rings. The molecule has 0 saturated carbocycles. The van der Waals surface area contributed by atoms with Crippen LogP contribution in [0.1, 0.15) is 12.5 Å². The van der Waals surface area contributed by atoms with Crippen molar-refractivity contribution in [2.24, 2.45) is 0 Å². The molecule has 0 N–H and O–H groups in total. The van der Waals surface area contributed by atoms with Gasteiger partial charge in [-0.2, -0.15) is 0 Å². The predicted molar refractivity (Wildman–Crippen MR) is 48.9 cm³/mol. The highest BCUT2D eigenvalue weighted by Gasteiger charge is 2.31. The lowest BCUT2D eigenvalue weighted by Gasteiger charge is -2.15. The van der Waals surface area contributed by atoms with Crippen molar-refractivity contribution in [2.45, 2.75) is 12.6 Å². The lowest BCUT2D eigenvalue weighted by molar-refractivity contribution is -0.120. The zero-order valence-corrected chi connectivity index (χ0v) is 7.51. The molecular formula is C9H9FOS. The van der Waals surface area contributed by atoms with Crippen LogP contribution in [0.15, 0.2) is 30.3 Å². The Morgan fingerprint density at radius 1 is 1.42 bits per heavy atom. The molecule has 1 unspecified atom stereocenters. The van der Waals surface area contributed by atoms with Gasteiger partial charge in [0.05, 0.1) is 0 Å². The van der Waals surface area contributed by atoms with E-state index in [0.29, 0.717) is 5.56 Å². The summed E-state index contributed by atoms with van der Waals surface area (Å²) in [7, 11) is 0. The summed E-state index contributed by atoms with van der Waals surface area (Å²) in [5.74, 6) is 0. The molecular weight excluding hydrogens is 175 g/mol. The molecule has 0 amide bonds. The van der Waals surface area contributed by atoms with Gasteiger partial charge in [-0.25, -0.2) is 4.39 Å². The van der Waals surface area contributed by atoms with Crippen LogP contribution in [0.2, 0.25) is 0 Å². The summed E-state index contributed by atoms with van der Waals surface area (Å²) < 4.78 is 13.5. The third-order valence-electron chi connectivity index (χ3n) is 1.72. The summed E-state index contributed by atoms with van der Waals surface area (Å²) in [5, 5.41) is -0.770. The standard InChI is InChI=1S/C9H9FOS/c1-9(10,8(11)12)7-5-3-2-4-6-7/h2-6H,1H3,(H,11,12). The van der Waals surface area contributed by atoms with Gasteiger partial charge in [0.25, 0.3) is 0 Å². The van der Waals surface area contributed by atoms with Crippen LogP contribution in [0.25, 0.3) is 0 Å². The molecule has 0 aliphatic rings. The normalized spacial score (nSPS) is 15.2. The zero-order chi connectivity index (χ0) is 9.19.